The van der Waals surface area contributed by atoms with Crippen LogP contribution >= 0.6 is 11.6 Å². The Balaban J connectivity index is 1.55. The van der Waals surface area contributed by atoms with Gasteiger partial charge in [-0.3, -0.25) is 14.4 Å². The van der Waals surface area contributed by atoms with Crippen LogP contribution in [0.25, 0.3) is 0 Å². The van der Waals surface area contributed by atoms with Gasteiger partial charge in [-0.2, -0.15) is 0 Å². The van der Waals surface area contributed by atoms with Crippen LogP contribution in [0.2, 0.25) is 5.02 Å². The van der Waals surface area contributed by atoms with E-state index in [0.29, 0.717) is 43.2 Å². The van der Waals surface area contributed by atoms with Crippen molar-refractivity contribution in [3.8, 4) is 5.75 Å². The van der Waals surface area contributed by atoms with Crippen LogP contribution in [0.4, 0.5) is 0 Å². The number of aliphatic imine (C=N–C) groups is 1. The van der Waals surface area contributed by atoms with Crippen molar-refractivity contribution in [2.45, 2.75) is 32.3 Å². The molecule has 1 aromatic rings. The quantitative estimate of drug-likeness (QED) is 0.717. The number of halogens is 1. The minimum absolute atomic E-state index is 0.0323. The number of carbonyl (C=O) groups excluding carboxylic acids is 3. The zero-order valence-electron chi connectivity index (χ0n) is 15.6. The highest BCUT2D eigenvalue weighted by atomic mass is 35.5. The molecule has 7 nitrogen and oxygen atoms in total. The van der Waals surface area contributed by atoms with Gasteiger partial charge in [-0.1, -0.05) is 17.7 Å². The summed E-state index contributed by atoms with van der Waals surface area (Å²) in [6, 6.07) is 3.64. The summed E-state index contributed by atoms with van der Waals surface area (Å²) < 4.78 is 11.2. The first-order valence-corrected chi connectivity index (χ1v) is 9.77. The lowest BCUT2D eigenvalue weighted by atomic mass is 9.93. The second-order valence-electron chi connectivity index (χ2n) is 7.40. The fraction of sp³-hybridized carbons (Fsp3) is 0.500. The second-order valence-corrected chi connectivity index (χ2v) is 7.78. The zero-order valence-corrected chi connectivity index (χ0v) is 16.3. The highest BCUT2D eigenvalue weighted by molar-refractivity contribution is 6.35. The molecule has 28 heavy (non-hydrogen) atoms. The van der Waals surface area contributed by atoms with Crippen molar-refractivity contribution >= 4 is 34.9 Å². The van der Waals surface area contributed by atoms with Crippen molar-refractivity contribution in [1.29, 1.82) is 0 Å². The third-order valence-corrected chi connectivity index (χ3v) is 5.72. The fourth-order valence-electron chi connectivity index (χ4n) is 3.82. The largest absolute Gasteiger partial charge is 0.486 e. The Labute approximate surface area is 167 Å². The van der Waals surface area contributed by atoms with Crippen molar-refractivity contribution in [3.05, 3.63) is 28.3 Å². The molecule has 0 N–H and O–H groups in total. The van der Waals surface area contributed by atoms with Gasteiger partial charge in [-0.05, 0) is 25.0 Å². The van der Waals surface area contributed by atoms with Gasteiger partial charge < -0.3 is 14.4 Å². The number of nitrogens with zero attached hydrogens (tertiary/aromatic N) is 2. The molecular weight excluding hydrogens is 384 g/mol. The molecule has 0 aromatic heterocycles. The van der Waals surface area contributed by atoms with E-state index in [2.05, 4.69) is 4.99 Å². The molecule has 148 valence electrons. The molecule has 1 unspecified atom stereocenters. The normalized spacial score (nSPS) is 25.0. The number of hydrogen-bond acceptors (Lipinski definition) is 5. The second kappa shape index (κ2) is 7.64. The molecule has 3 aliphatic rings. The van der Waals surface area contributed by atoms with E-state index in [1.165, 1.54) is 4.90 Å². The maximum absolute atomic E-state index is 13.1. The summed E-state index contributed by atoms with van der Waals surface area (Å²) in [6.07, 6.45) is 1.45. The van der Waals surface area contributed by atoms with E-state index >= 15 is 0 Å². The highest BCUT2D eigenvalue weighted by Crippen LogP contribution is 2.35. The maximum Gasteiger partial charge on any atom is 0.257 e. The molecule has 0 aliphatic carbocycles. The van der Waals surface area contributed by atoms with E-state index < -0.39 is 11.8 Å². The van der Waals surface area contributed by atoms with Crippen LogP contribution < -0.4 is 4.74 Å². The topological polar surface area (TPSA) is 85.3 Å². The summed E-state index contributed by atoms with van der Waals surface area (Å²) in [7, 11) is 0. The number of fused-ring (bicyclic) bond motifs is 1. The van der Waals surface area contributed by atoms with Gasteiger partial charge in [-0.15, -0.1) is 0 Å². The average molecular weight is 405 g/mol. The summed E-state index contributed by atoms with van der Waals surface area (Å²) in [5, 5.41) is 0.272. The predicted molar refractivity (Wildman–Crippen MR) is 102 cm³/mol. The number of benzene rings is 1. The number of hydrogen-bond donors (Lipinski definition) is 0. The van der Waals surface area contributed by atoms with Crippen LogP contribution in [0.1, 0.15) is 35.7 Å². The van der Waals surface area contributed by atoms with Crippen LogP contribution in [0.15, 0.2) is 17.1 Å². The zero-order chi connectivity index (χ0) is 19.8. The van der Waals surface area contributed by atoms with Gasteiger partial charge in [0, 0.05) is 31.6 Å². The Kier molecular flexibility index (Phi) is 5.21. The molecule has 8 heteroatoms. The molecule has 1 fully saturated rings. The highest BCUT2D eigenvalue weighted by Gasteiger charge is 2.36. The molecule has 3 aliphatic heterocycles. The lowest BCUT2D eigenvalue weighted by Gasteiger charge is -2.32. The van der Waals surface area contributed by atoms with Crippen molar-refractivity contribution in [2.24, 2.45) is 10.9 Å². The van der Waals surface area contributed by atoms with Gasteiger partial charge in [0.2, 0.25) is 0 Å². The van der Waals surface area contributed by atoms with Crippen LogP contribution in [0, 0.1) is 5.92 Å². The predicted octanol–water partition coefficient (Wildman–Crippen LogP) is 2.08. The summed E-state index contributed by atoms with van der Waals surface area (Å²) in [5.41, 5.74) is 1.75. The molecule has 0 radical (unpaired) electrons. The van der Waals surface area contributed by atoms with Crippen molar-refractivity contribution in [3.63, 3.8) is 0 Å². The Hall–Kier alpha value is -2.25. The minimum atomic E-state index is -0.900. The minimum Gasteiger partial charge on any atom is -0.486 e. The Morgan fingerprint density at radius 2 is 2.14 bits per heavy atom. The standard InChI is InChI=1S/C20H21ClN2O5/c1-11-8-15(24)14(19(25)22-11)9-23-6-4-12-2-3-16(18(21)17(12)20(23)26)28-13-5-7-27-10-13/h2-3,13-14H,4-10H2,1H3/t13-,14?/m1/s1. The number of Topliss-reactive ketones (excluding diaryl/α,β-unsaturated/α-hetero) is 1. The SMILES string of the molecule is CC1=NC(=O)C(CN2CCc3ccc(O[C@@H]4CCOC4)c(Cl)c3C2=O)C(=O)C1. The number of rotatable bonds is 4. The first-order chi connectivity index (χ1) is 13.4. The van der Waals surface area contributed by atoms with Crippen molar-refractivity contribution in [1.82, 2.24) is 4.90 Å². The van der Waals surface area contributed by atoms with Gasteiger partial charge in [-0.25, -0.2) is 4.99 Å². The van der Waals surface area contributed by atoms with E-state index in [1.807, 2.05) is 6.07 Å². The number of ketones is 1. The van der Waals surface area contributed by atoms with E-state index in [9.17, 15) is 14.4 Å². The molecule has 2 atom stereocenters. The van der Waals surface area contributed by atoms with E-state index in [-0.39, 0.29) is 35.8 Å². The van der Waals surface area contributed by atoms with Crippen LogP contribution in [-0.2, 0) is 20.7 Å². The Morgan fingerprint density at radius 3 is 2.86 bits per heavy atom. The molecule has 1 saturated heterocycles. The summed E-state index contributed by atoms with van der Waals surface area (Å²) in [6.45, 7) is 3.26. The Bertz CT molecular complexity index is 876. The van der Waals surface area contributed by atoms with Gasteiger partial charge in [0.1, 0.15) is 17.8 Å². The van der Waals surface area contributed by atoms with E-state index in [1.54, 1.807) is 13.0 Å². The maximum atomic E-state index is 13.1. The molecule has 0 saturated carbocycles. The molecule has 2 amide bonds. The van der Waals surface area contributed by atoms with Gasteiger partial charge in [0.15, 0.2) is 5.78 Å². The Morgan fingerprint density at radius 1 is 1.32 bits per heavy atom. The van der Waals surface area contributed by atoms with Gasteiger partial charge >= 0.3 is 0 Å². The number of ether oxygens (including phenoxy) is 2. The lowest BCUT2D eigenvalue weighted by molar-refractivity contribution is -0.132. The summed E-state index contributed by atoms with van der Waals surface area (Å²) in [5.74, 6) is -1.40. The average Bonchev–Trinajstić information content (AvgIpc) is 3.15. The monoisotopic (exact) mass is 404 g/mol. The van der Waals surface area contributed by atoms with E-state index in [4.69, 9.17) is 21.1 Å². The van der Waals surface area contributed by atoms with Crippen LogP contribution in [0.5, 0.6) is 5.75 Å². The summed E-state index contributed by atoms with van der Waals surface area (Å²) in [4.78, 5) is 42.9. The third-order valence-electron chi connectivity index (χ3n) is 5.35. The van der Waals surface area contributed by atoms with Crippen molar-refractivity contribution in [2.75, 3.05) is 26.3 Å². The fourth-order valence-corrected chi connectivity index (χ4v) is 4.13. The molecule has 3 heterocycles. The first-order valence-electron chi connectivity index (χ1n) is 9.40. The molecular formula is C20H21ClN2O5. The van der Waals surface area contributed by atoms with Gasteiger partial charge in [0.25, 0.3) is 11.8 Å². The summed E-state index contributed by atoms with van der Waals surface area (Å²) >= 11 is 6.52. The molecule has 0 spiro atoms. The van der Waals surface area contributed by atoms with Crippen LogP contribution in [-0.4, -0.2) is 60.6 Å². The number of carbonyl (C=O) groups is 3. The van der Waals surface area contributed by atoms with Crippen molar-refractivity contribution < 1.29 is 23.9 Å². The number of amides is 2. The molecule has 1 aromatic carbocycles. The lowest BCUT2D eigenvalue weighted by Crippen LogP contribution is -2.45. The van der Waals surface area contributed by atoms with E-state index in [0.717, 1.165) is 12.0 Å². The third kappa shape index (κ3) is 3.56. The molecule has 0 bridgehead atoms. The van der Waals surface area contributed by atoms with Crippen LogP contribution in [0.3, 0.4) is 0 Å². The molecule has 4 rings (SSSR count). The smallest absolute Gasteiger partial charge is 0.257 e. The van der Waals surface area contributed by atoms with Gasteiger partial charge in [0.05, 0.1) is 23.8 Å². The first kappa shape index (κ1) is 19.1.